The third-order valence-corrected chi connectivity index (χ3v) is 4.22. The number of nitrogens with zero attached hydrogens (tertiary/aromatic N) is 1. The number of phenols is 1. The molecule has 0 aliphatic carbocycles. The Hall–Kier alpha value is -3.52. The van der Waals surface area contributed by atoms with E-state index in [2.05, 4.69) is 5.32 Å². The van der Waals surface area contributed by atoms with E-state index in [1.54, 1.807) is 12.1 Å². The molecule has 1 saturated heterocycles. The monoisotopic (exact) mass is 402 g/mol. The lowest BCUT2D eigenvalue weighted by Crippen LogP contribution is -2.54. The number of halogens is 1. The van der Waals surface area contributed by atoms with Crippen molar-refractivity contribution in [2.24, 2.45) is 0 Å². The summed E-state index contributed by atoms with van der Waals surface area (Å²) in [6.45, 7) is 0. The number of barbiturate groups is 1. The van der Waals surface area contributed by atoms with Crippen LogP contribution >= 0.6 is 11.6 Å². The van der Waals surface area contributed by atoms with E-state index in [-0.39, 0.29) is 28.5 Å². The summed E-state index contributed by atoms with van der Waals surface area (Å²) < 4.78 is 10.1. The van der Waals surface area contributed by atoms with E-state index in [1.807, 2.05) is 0 Å². The van der Waals surface area contributed by atoms with Crippen LogP contribution in [0.2, 0.25) is 5.02 Å². The van der Waals surface area contributed by atoms with Gasteiger partial charge in [0.25, 0.3) is 11.8 Å². The summed E-state index contributed by atoms with van der Waals surface area (Å²) in [6.07, 6.45) is 1.27. The van der Waals surface area contributed by atoms with Gasteiger partial charge in [0.2, 0.25) is 5.75 Å². The zero-order chi connectivity index (χ0) is 20.4. The molecule has 1 fully saturated rings. The number of rotatable bonds is 4. The second-order valence-electron chi connectivity index (χ2n) is 5.71. The molecule has 8 nitrogen and oxygen atoms in total. The first-order valence-electron chi connectivity index (χ1n) is 7.97. The number of anilines is 1. The van der Waals surface area contributed by atoms with E-state index in [0.29, 0.717) is 10.6 Å². The number of hydrogen-bond acceptors (Lipinski definition) is 6. The second kappa shape index (κ2) is 7.61. The van der Waals surface area contributed by atoms with Crippen LogP contribution in [0.5, 0.6) is 17.2 Å². The molecule has 3 rings (SSSR count). The molecule has 0 radical (unpaired) electrons. The van der Waals surface area contributed by atoms with Crippen molar-refractivity contribution in [2.75, 3.05) is 19.1 Å². The molecule has 28 heavy (non-hydrogen) atoms. The van der Waals surface area contributed by atoms with Gasteiger partial charge in [0.15, 0.2) is 11.5 Å². The van der Waals surface area contributed by atoms with Crippen LogP contribution in [0, 0.1) is 0 Å². The average molecular weight is 403 g/mol. The highest BCUT2D eigenvalue weighted by atomic mass is 35.5. The SMILES string of the molecule is COc1cc(C=C2C(=O)NC(=O)N(c3cccc(Cl)c3)C2=O)cc(OC)c1O. The zero-order valence-electron chi connectivity index (χ0n) is 14.9. The Bertz CT molecular complexity index is 992. The molecule has 0 aromatic heterocycles. The van der Waals surface area contributed by atoms with Gasteiger partial charge in [-0.1, -0.05) is 17.7 Å². The lowest BCUT2D eigenvalue weighted by molar-refractivity contribution is -0.122. The van der Waals surface area contributed by atoms with Gasteiger partial charge in [-0.3, -0.25) is 14.9 Å². The Morgan fingerprint density at radius 3 is 2.29 bits per heavy atom. The summed E-state index contributed by atoms with van der Waals surface area (Å²) >= 11 is 5.93. The summed E-state index contributed by atoms with van der Waals surface area (Å²) in [5, 5.41) is 12.4. The Morgan fingerprint density at radius 2 is 1.71 bits per heavy atom. The van der Waals surface area contributed by atoms with Crippen LogP contribution in [-0.4, -0.2) is 37.2 Å². The van der Waals surface area contributed by atoms with Gasteiger partial charge in [-0.15, -0.1) is 0 Å². The van der Waals surface area contributed by atoms with Gasteiger partial charge in [-0.25, -0.2) is 9.69 Å². The van der Waals surface area contributed by atoms with Crippen LogP contribution in [0.4, 0.5) is 10.5 Å². The maximum Gasteiger partial charge on any atom is 0.335 e. The summed E-state index contributed by atoms with van der Waals surface area (Å²) in [7, 11) is 2.70. The fourth-order valence-electron chi connectivity index (χ4n) is 2.67. The number of imide groups is 2. The first-order chi connectivity index (χ1) is 13.3. The Balaban J connectivity index is 2.07. The Kier molecular flexibility index (Phi) is 5.23. The van der Waals surface area contributed by atoms with Crippen molar-refractivity contribution in [2.45, 2.75) is 0 Å². The minimum Gasteiger partial charge on any atom is -0.502 e. The summed E-state index contributed by atoms with van der Waals surface area (Å²) in [5.41, 5.74) is 0.286. The van der Waals surface area contributed by atoms with Crippen molar-refractivity contribution in [1.82, 2.24) is 5.32 Å². The minimum atomic E-state index is -0.879. The van der Waals surface area contributed by atoms with E-state index in [4.69, 9.17) is 21.1 Å². The van der Waals surface area contributed by atoms with Gasteiger partial charge in [-0.2, -0.15) is 0 Å². The molecule has 144 valence electrons. The summed E-state index contributed by atoms with van der Waals surface area (Å²) in [5.74, 6) is -1.70. The number of nitrogens with one attached hydrogen (secondary N) is 1. The highest BCUT2D eigenvalue weighted by Gasteiger charge is 2.37. The van der Waals surface area contributed by atoms with Crippen molar-refractivity contribution in [3.8, 4) is 17.2 Å². The third kappa shape index (κ3) is 3.49. The van der Waals surface area contributed by atoms with E-state index >= 15 is 0 Å². The highest BCUT2D eigenvalue weighted by molar-refractivity contribution is 6.39. The molecule has 0 saturated carbocycles. The minimum absolute atomic E-state index is 0.0950. The molecule has 0 unspecified atom stereocenters. The predicted molar refractivity (Wildman–Crippen MR) is 102 cm³/mol. The number of carbonyl (C=O) groups excluding carboxylic acids is 3. The molecule has 2 N–H and O–H groups in total. The number of aromatic hydroxyl groups is 1. The largest absolute Gasteiger partial charge is 0.502 e. The number of benzene rings is 2. The van der Waals surface area contributed by atoms with Crippen LogP contribution in [0.15, 0.2) is 42.0 Å². The van der Waals surface area contributed by atoms with Crippen LogP contribution in [0.25, 0.3) is 6.08 Å². The van der Waals surface area contributed by atoms with E-state index < -0.39 is 17.8 Å². The first kappa shape index (κ1) is 19.2. The molecule has 1 aliphatic heterocycles. The topological polar surface area (TPSA) is 105 Å². The van der Waals surface area contributed by atoms with Gasteiger partial charge in [0, 0.05) is 5.02 Å². The maximum atomic E-state index is 12.9. The van der Waals surface area contributed by atoms with E-state index in [9.17, 15) is 19.5 Å². The molecule has 4 amide bonds. The molecule has 0 atom stereocenters. The van der Waals surface area contributed by atoms with Gasteiger partial charge in [0.1, 0.15) is 5.57 Å². The zero-order valence-corrected chi connectivity index (χ0v) is 15.6. The number of amides is 4. The van der Waals surface area contributed by atoms with Crippen molar-refractivity contribution in [3.63, 3.8) is 0 Å². The van der Waals surface area contributed by atoms with Crippen molar-refractivity contribution in [1.29, 1.82) is 0 Å². The number of methoxy groups -OCH3 is 2. The molecule has 2 aromatic rings. The molecule has 0 bridgehead atoms. The number of hydrogen-bond donors (Lipinski definition) is 2. The molecule has 2 aromatic carbocycles. The van der Waals surface area contributed by atoms with Gasteiger partial charge >= 0.3 is 6.03 Å². The van der Waals surface area contributed by atoms with Crippen molar-refractivity contribution >= 4 is 41.2 Å². The van der Waals surface area contributed by atoms with Crippen LogP contribution in [0.1, 0.15) is 5.56 Å². The summed E-state index contributed by atoms with van der Waals surface area (Å²) in [4.78, 5) is 38.1. The average Bonchev–Trinajstić information content (AvgIpc) is 2.66. The standard InChI is InChI=1S/C19H15ClN2O6/c1-27-14-7-10(8-15(28-2)16(14)23)6-13-17(24)21-19(26)22(18(13)25)12-5-3-4-11(20)9-12/h3-9,23H,1-2H3,(H,21,24,26). The summed E-state index contributed by atoms with van der Waals surface area (Å²) in [6, 6.07) is 8.08. The number of ether oxygens (including phenoxy) is 2. The predicted octanol–water partition coefficient (Wildman–Crippen LogP) is 2.73. The maximum absolute atomic E-state index is 12.9. The van der Waals surface area contributed by atoms with E-state index in [1.165, 1.54) is 44.6 Å². The highest BCUT2D eigenvalue weighted by Crippen LogP contribution is 2.38. The fraction of sp³-hybridized carbons (Fsp3) is 0.105. The first-order valence-corrected chi connectivity index (χ1v) is 8.35. The number of urea groups is 1. The number of phenolic OH excluding ortho intramolecular Hbond substituents is 1. The molecular weight excluding hydrogens is 388 g/mol. The Labute approximate surface area is 164 Å². The lowest BCUT2D eigenvalue weighted by Gasteiger charge is -2.26. The van der Waals surface area contributed by atoms with Crippen molar-refractivity contribution in [3.05, 3.63) is 52.6 Å². The third-order valence-electron chi connectivity index (χ3n) is 3.98. The molecule has 1 heterocycles. The van der Waals surface area contributed by atoms with Crippen LogP contribution in [0.3, 0.4) is 0 Å². The number of carbonyl (C=O) groups is 3. The second-order valence-corrected chi connectivity index (χ2v) is 6.15. The molecule has 1 aliphatic rings. The quantitative estimate of drug-likeness (QED) is 0.601. The normalized spacial score (nSPS) is 15.6. The van der Waals surface area contributed by atoms with Crippen LogP contribution < -0.4 is 19.7 Å². The van der Waals surface area contributed by atoms with Gasteiger partial charge in [0.05, 0.1) is 19.9 Å². The lowest BCUT2D eigenvalue weighted by atomic mass is 10.1. The van der Waals surface area contributed by atoms with E-state index in [0.717, 1.165) is 4.90 Å². The smallest absolute Gasteiger partial charge is 0.335 e. The fourth-order valence-corrected chi connectivity index (χ4v) is 2.86. The molecule has 0 spiro atoms. The van der Waals surface area contributed by atoms with Gasteiger partial charge in [-0.05, 0) is 42.0 Å². The molecular formula is C19H15ClN2O6. The van der Waals surface area contributed by atoms with Gasteiger partial charge < -0.3 is 14.6 Å². The van der Waals surface area contributed by atoms with Crippen LogP contribution in [-0.2, 0) is 9.59 Å². The van der Waals surface area contributed by atoms with Crippen molar-refractivity contribution < 1.29 is 29.0 Å². The Morgan fingerprint density at radius 1 is 1.07 bits per heavy atom. The molecule has 9 heteroatoms.